The highest BCUT2D eigenvalue weighted by Crippen LogP contribution is 2.53. The summed E-state index contributed by atoms with van der Waals surface area (Å²) in [6.45, 7) is 22.4. The van der Waals surface area contributed by atoms with Crippen molar-refractivity contribution in [1.82, 2.24) is 4.90 Å². The van der Waals surface area contributed by atoms with Gasteiger partial charge < -0.3 is 4.90 Å². The Bertz CT molecular complexity index is 1060. The first-order chi connectivity index (χ1) is 17.0. The number of nitrogens with zero attached hydrogens (tertiary/aromatic N) is 2. The summed E-state index contributed by atoms with van der Waals surface area (Å²) in [5.41, 5.74) is 6.07. The maximum atomic E-state index is 13.8. The predicted octanol–water partition coefficient (Wildman–Crippen LogP) is 8.28. The Morgan fingerprint density at radius 3 is 2.03 bits per heavy atom. The minimum absolute atomic E-state index is 0.112. The zero-order valence-electron chi connectivity index (χ0n) is 23.7. The molecule has 3 rings (SSSR count). The summed E-state index contributed by atoms with van der Waals surface area (Å²) in [5.74, 6) is 0. The first-order valence-electron chi connectivity index (χ1n) is 14.0. The first-order valence-corrected chi connectivity index (χ1v) is 17.7. The van der Waals surface area contributed by atoms with Gasteiger partial charge in [0.1, 0.15) is 0 Å². The number of allylic oxidation sites excluding steroid dienone is 3. The monoisotopic (exact) mass is 528 g/mol. The van der Waals surface area contributed by atoms with Crippen molar-refractivity contribution in [3.63, 3.8) is 0 Å². The fraction of sp³-hybridized carbons (Fsp3) is 0.633. The van der Waals surface area contributed by atoms with Crippen LogP contribution >= 0.6 is 0 Å². The second-order valence-corrected chi connectivity index (χ2v) is 19.5. The third-order valence-corrected chi connectivity index (χ3v) is 17.9. The molecule has 1 atom stereocenters. The van der Waals surface area contributed by atoms with E-state index in [1.807, 2.05) is 25.1 Å². The molecule has 36 heavy (non-hydrogen) atoms. The average molecular weight is 529 g/mol. The van der Waals surface area contributed by atoms with E-state index in [4.69, 9.17) is 4.40 Å². The smallest absolute Gasteiger partial charge is 0.282 e. The van der Waals surface area contributed by atoms with Crippen LogP contribution in [0.1, 0.15) is 85.6 Å². The Balaban J connectivity index is 2.33. The van der Waals surface area contributed by atoms with E-state index < -0.39 is 18.1 Å². The van der Waals surface area contributed by atoms with Gasteiger partial charge in [0.25, 0.3) is 10.0 Å². The Morgan fingerprint density at radius 1 is 0.972 bits per heavy atom. The highest BCUT2D eigenvalue weighted by molar-refractivity contribution is 7.90. The van der Waals surface area contributed by atoms with Crippen molar-refractivity contribution >= 4 is 23.8 Å². The first kappa shape index (κ1) is 28.9. The van der Waals surface area contributed by atoms with Crippen molar-refractivity contribution < 1.29 is 8.42 Å². The van der Waals surface area contributed by atoms with E-state index >= 15 is 0 Å². The molecule has 1 unspecified atom stereocenters. The molecule has 1 heterocycles. The molecule has 0 saturated carbocycles. The molecule has 0 N–H and O–H groups in total. The summed E-state index contributed by atoms with van der Waals surface area (Å²) < 4.78 is 32.5. The normalized spacial score (nSPS) is 18.7. The molecule has 6 heteroatoms. The largest absolute Gasteiger partial charge is 0.375 e. The molecule has 0 radical (unpaired) electrons. The highest BCUT2D eigenvalue weighted by Gasteiger charge is 2.51. The lowest BCUT2D eigenvalue weighted by Gasteiger charge is -2.49. The van der Waals surface area contributed by atoms with E-state index in [0.717, 1.165) is 50.0 Å². The lowest BCUT2D eigenvalue weighted by atomic mass is 10.0. The third kappa shape index (κ3) is 5.59. The average Bonchev–Trinajstić information content (AvgIpc) is 3.49. The molecule has 1 aliphatic heterocycles. The Labute approximate surface area is 222 Å². The van der Waals surface area contributed by atoms with Gasteiger partial charge in [0.05, 0.1) is 18.7 Å². The summed E-state index contributed by atoms with van der Waals surface area (Å²) in [7, 11) is -5.94. The minimum Gasteiger partial charge on any atom is -0.375 e. The molecule has 0 spiro atoms. The van der Waals surface area contributed by atoms with E-state index in [1.165, 1.54) is 24.1 Å². The van der Waals surface area contributed by atoms with Crippen molar-refractivity contribution in [2.45, 2.75) is 114 Å². The van der Waals surface area contributed by atoms with Crippen LogP contribution in [0.3, 0.4) is 0 Å². The van der Waals surface area contributed by atoms with Crippen LogP contribution in [-0.4, -0.2) is 40.2 Å². The van der Waals surface area contributed by atoms with Crippen LogP contribution in [0.5, 0.6) is 0 Å². The zero-order chi connectivity index (χ0) is 26.7. The van der Waals surface area contributed by atoms with Crippen molar-refractivity contribution in [2.75, 3.05) is 13.1 Å². The predicted molar refractivity (Wildman–Crippen MR) is 157 cm³/mol. The Kier molecular flexibility index (Phi) is 9.48. The molecule has 1 aromatic rings. The minimum atomic E-state index is -3.84. The van der Waals surface area contributed by atoms with Crippen LogP contribution in [0.25, 0.3) is 0 Å². The van der Waals surface area contributed by atoms with Gasteiger partial charge >= 0.3 is 0 Å². The maximum absolute atomic E-state index is 13.8. The van der Waals surface area contributed by atoms with E-state index in [2.05, 4.69) is 53.0 Å². The number of aryl methyl sites for hydroxylation is 1. The van der Waals surface area contributed by atoms with E-state index in [0.29, 0.717) is 16.6 Å². The standard InChI is InChI=1S/C30H48N2O2SSi/c1-9-13-29(36(22(2)3,23(4)5)24(6)7)30(27-14-12-15-28(27)32-20-10-11-21-32)31-35(33,34)26-18-16-25(8)17-19-26/h9,16-19,22-24,29H,1,10-15,20-21H2,2-8H3/b31-30-. The lowest BCUT2D eigenvalue weighted by Crippen LogP contribution is -2.51. The van der Waals surface area contributed by atoms with Crippen molar-refractivity contribution in [2.24, 2.45) is 4.40 Å². The summed E-state index contributed by atoms with van der Waals surface area (Å²) in [6.07, 6.45) is 8.23. The van der Waals surface area contributed by atoms with Gasteiger partial charge in [-0.25, -0.2) is 0 Å². The van der Waals surface area contributed by atoms with Crippen LogP contribution in [0.2, 0.25) is 22.2 Å². The van der Waals surface area contributed by atoms with Crippen molar-refractivity contribution in [3.8, 4) is 0 Å². The maximum Gasteiger partial charge on any atom is 0.282 e. The van der Waals surface area contributed by atoms with E-state index in [-0.39, 0.29) is 10.4 Å². The number of hydrogen-bond donors (Lipinski definition) is 0. The quantitative estimate of drug-likeness (QED) is 0.165. The van der Waals surface area contributed by atoms with Gasteiger partial charge in [-0.05, 0) is 63.2 Å². The number of benzene rings is 1. The van der Waals surface area contributed by atoms with Crippen LogP contribution in [-0.2, 0) is 10.0 Å². The zero-order valence-corrected chi connectivity index (χ0v) is 25.5. The molecule has 1 aromatic carbocycles. The molecular formula is C30H48N2O2SSi. The lowest BCUT2D eigenvalue weighted by molar-refractivity contribution is 0.414. The molecule has 1 fully saturated rings. The van der Waals surface area contributed by atoms with Gasteiger partial charge in [0.2, 0.25) is 0 Å². The third-order valence-electron chi connectivity index (χ3n) is 8.86. The number of likely N-dealkylation sites (tertiary alicyclic amines) is 1. The second-order valence-electron chi connectivity index (χ2n) is 11.8. The van der Waals surface area contributed by atoms with Gasteiger partial charge in [-0.3, -0.25) is 0 Å². The Hall–Kier alpha value is -1.66. The number of hydrogen-bond acceptors (Lipinski definition) is 3. The van der Waals surface area contributed by atoms with Crippen LogP contribution in [0.4, 0.5) is 0 Å². The van der Waals surface area contributed by atoms with Crippen molar-refractivity contribution in [3.05, 3.63) is 53.8 Å². The summed E-state index contributed by atoms with van der Waals surface area (Å²) in [6, 6.07) is 7.14. The second kappa shape index (κ2) is 11.8. The van der Waals surface area contributed by atoms with Gasteiger partial charge in [-0.1, -0.05) is 81.9 Å². The van der Waals surface area contributed by atoms with Gasteiger partial charge in [-0.15, -0.1) is 6.58 Å². The molecule has 2 aliphatic rings. The summed E-state index contributed by atoms with van der Waals surface area (Å²) in [5, 5.41) is 0. The van der Waals surface area contributed by atoms with E-state index in [1.54, 1.807) is 12.1 Å². The molecule has 0 amide bonds. The van der Waals surface area contributed by atoms with Gasteiger partial charge in [0, 0.05) is 24.3 Å². The van der Waals surface area contributed by atoms with Gasteiger partial charge in [0.15, 0.2) is 0 Å². The van der Waals surface area contributed by atoms with Gasteiger partial charge in [-0.2, -0.15) is 12.8 Å². The van der Waals surface area contributed by atoms with Crippen molar-refractivity contribution in [1.29, 1.82) is 0 Å². The Morgan fingerprint density at radius 2 is 1.53 bits per heavy atom. The fourth-order valence-corrected chi connectivity index (χ4v) is 16.4. The number of sulfonamides is 1. The van der Waals surface area contributed by atoms with Crippen LogP contribution in [0, 0.1) is 6.92 Å². The molecule has 1 saturated heterocycles. The SMILES string of the molecule is C=CCC(/C(=N\S(=O)(=O)c1ccc(C)cc1)C1=C(N2CCCC2)CCC1)[Si](C(C)C)(C(C)C)C(C)C. The van der Waals surface area contributed by atoms with Crippen LogP contribution < -0.4 is 0 Å². The molecule has 0 aromatic heterocycles. The van der Waals surface area contributed by atoms with Crippen LogP contribution in [0.15, 0.2) is 57.5 Å². The molecule has 0 bridgehead atoms. The number of rotatable bonds is 11. The topological polar surface area (TPSA) is 49.7 Å². The summed E-state index contributed by atoms with van der Waals surface area (Å²) in [4.78, 5) is 2.81. The van der Waals surface area contributed by atoms with E-state index in [9.17, 15) is 8.42 Å². The molecule has 200 valence electrons. The molecule has 1 aliphatic carbocycles. The fourth-order valence-electron chi connectivity index (χ4n) is 7.49. The summed E-state index contributed by atoms with van der Waals surface area (Å²) >= 11 is 0. The molecule has 4 nitrogen and oxygen atoms in total. The molecular weight excluding hydrogens is 480 g/mol. The highest BCUT2D eigenvalue weighted by atomic mass is 32.2.